The van der Waals surface area contributed by atoms with Crippen LogP contribution in [0.2, 0.25) is 5.02 Å². The number of nitrogens with zero attached hydrogens (tertiary/aromatic N) is 3. The average molecular weight is 598 g/mol. The maximum Gasteiger partial charge on any atom is 0.488 e. The first-order valence-electron chi connectivity index (χ1n) is 11.9. The molecule has 0 amide bonds. The van der Waals surface area contributed by atoms with E-state index in [1.54, 1.807) is 7.11 Å². The Morgan fingerprint density at radius 3 is 2.51 bits per heavy atom. The van der Waals surface area contributed by atoms with Crippen molar-refractivity contribution in [3.05, 3.63) is 52.7 Å². The van der Waals surface area contributed by atoms with E-state index in [0.29, 0.717) is 17.1 Å². The Morgan fingerprint density at radius 1 is 1.15 bits per heavy atom. The zero-order chi connectivity index (χ0) is 28.8. The predicted molar refractivity (Wildman–Crippen MR) is 152 cm³/mol. The van der Waals surface area contributed by atoms with Crippen LogP contribution in [0.25, 0.3) is 0 Å². The molecular weight excluding hydrogens is 568 g/mol. The molecule has 0 saturated heterocycles. The largest absolute Gasteiger partial charge is 0.495 e. The van der Waals surface area contributed by atoms with E-state index in [4.69, 9.17) is 16.3 Å². The molecule has 0 fully saturated rings. The van der Waals surface area contributed by atoms with Crippen molar-refractivity contribution in [3.8, 4) is 11.5 Å². The third-order valence-electron chi connectivity index (χ3n) is 6.74. The van der Waals surface area contributed by atoms with Crippen LogP contribution in [0.4, 0.5) is 27.0 Å². The molecule has 2 heterocycles. The number of hydrogen-bond acceptors (Lipinski definition) is 10. The van der Waals surface area contributed by atoms with Gasteiger partial charge in [0.05, 0.1) is 24.7 Å². The molecule has 2 N–H and O–H groups in total. The lowest BCUT2D eigenvalue weighted by Crippen LogP contribution is -2.44. The summed E-state index contributed by atoms with van der Waals surface area (Å²) in [5, 5.41) is 6.64. The number of fused-ring (bicyclic) bond motifs is 1. The Labute approximate surface area is 232 Å². The van der Waals surface area contributed by atoms with Gasteiger partial charge in [-0.3, -0.25) is 4.90 Å². The van der Waals surface area contributed by atoms with Crippen LogP contribution in [0.1, 0.15) is 25.0 Å². The lowest BCUT2D eigenvalue weighted by Gasteiger charge is -2.42. The van der Waals surface area contributed by atoms with Crippen molar-refractivity contribution < 1.29 is 25.8 Å². The first-order chi connectivity index (χ1) is 18.1. The van der Waals surface area contributed by atoms with Gasteiger partial charge in [-0.2, -0.15) is 13.4 Å². The van der Waals surface area contributed by atoms with Crippen molar-refractivity contribution in [2.75, 3.05) is 44.7 Å². The molecule has 0 bridgehead atoms. The molecule has 10 nitrogen and oxygen atoms in total. The number of methoxy groups -OCH3 is 1. The topological polar surface area (TPSA) is 123 Å². The van der Waals surface area contributed by atoms with Crippen LogP contribution in [0.15, 0.2) is 36.5 Å². The van der Waals surface area contributed by atoms with Gasteiger partial charge in [-0.25, -0.2) is 4.98 Å². The smallest absolute Gasteiger partial charge is 0.488 e. The van der Waals surface area contributed by atoms with Crippen LogP contribution < -0.4 is 24.9 Å². The fraction of sp³-hybridized carbons (Fsp3) is 0.360. The number of aromatic nitrogens is 2. The second-order valence-corrected chi connectivity index (χ2v) is 14.6. The van der Waals surface area contributed by atoms with E-state index in [1.165, 1.54) is 43.3 Å². The lowest BCUT2D eigenvalue weighted by molar-refractivity contribution is 0.143. The van der Waals surface area contributed by atoms with Gasteiger partial charge < -0.3 is 24.1 Å². The fourth-order valence-corrected chi connectivity index (χ4v) is 6.05. The number of nitrogens with one attached hydrogen (secondary N) is 2. The van der Waals surface area contributed by atoms with Crippen molar-refractivity contribution in [3.63, 3.8) is 0 Å². The molecule has 210 valence electrons. The number of rotatable bonds is 8. The molecule has 0 aliphatic carbocycles. The monoisotopic (exact) mass is 597 g/mol. The minimum atomic E-state index is -5.25. The zero-order valence-electron chi connectivity index (χ0n) is 22.4. The number of likely N-dealkylation sites (N-methyl/N-ethyl adjacent to an activating group) is 1. The summed E-state index contributed by atoms with van der Waals surface area (Å²) in [5.41, 5.74) is 3.19. The Bertz CT molecular complexity index is 1580. The Hall–Kier alpha value is -2.92. The number of ether oxygens (including phenoxy) is 1. The summed E-state index contributed by atoms with van der Waals surface area (Å²) in [6.45, 7) is 8.23. The van der Waals surface area contributed by atoms with E-state index >= 15 is 0 Å². The zero-order valence-corrected chi connectivity index (χ0v) is 24.8. The van der Waals surface area contributed by atoms with E-state index in [-0.39, 0.29) is 33.4 Å². The van der Waals surface area contributed by atoms with E-state index in [1.807, 2.05) is 12.1 Å². The van der Waals surface area contributed by atoms with Gasteiger partial charge in [0.25, 0.3) is 0 Å². The van der Waals surface area contributed by atoms with Gasteiger partial charge in [0.15, 0.2) is 5.82 Å². The maximum absolute atomic E-state index is 13.0. The second kappa shape index (κ2) is 10.6. The number of halogens is 2. The molecular formula is C25H30ClFN5O5PS. The first kappa shape index (κ1) is 29.1. The molecule has 1 aliphatic heterocycles. The van der Waals surface area contributed by atoms with Gasteiger partial charge in [-0.05, 0) is 82.1 Å². The van der Waals surface area contributed by atoms with Gasteiger partial charge in [0.2, 0.25) is 5.95 Å². The third-order valence-corrected chi connectivity index (χ3v) is 8.94. The average Bonchev–Trinajstić information content (AvgIpc) is 2.83. The molecule has 0 saturated carbocycles. The molecule has 4 rings (SSSR count). The lowest BCUT2D eigenvalue weighted by atomic mass is 9.83. The van der Waals surface area contributed by atoms with E-state index in [9.17, 15) is 16.9 Å². The maximum atomic E-state index is 13.0. The summed E-state index contributed by atoms with van der Waals surface area (Å²) in [5.74, 6) is 0.753. The Kier molecular flexibility index (Phi) is 7.88. The Morgan fingerprint density at radius 2 is 1.87 bits per heavy atom. The van der Waals surface area contributed by atoms with Crippen LogP contribution in [0, 0.1) is 0 Å². The van der Waals surface area contributed by atoms with E-state index in [2.05, 4.69) is 50.6 Å². The summed E-state index contributed by atoms with van der Waals surface area (Å²) >= 11 is 6.37. The molecule has 0 unspecified atom stereocenters. The normalized spacial score (nSPS) is 15.4. The van der Waals surface area contributed by atoms with Crippen LogP contribution in [0.5, 0.6) is 11.5 Å². The summed E-state index contributed by atoms with van der Waals surface area (Å²) in [6, 6.07) is 7.89. The van der Waals surface area contributed by atoms with Gasteiger partial charge in [-0.15, -0.1) is 0 Å². The van der Waals surface area contributed by atoms with Crippen LogP contribution >= 0.6 is 18.7 Å². The second-order valence-electron chi connectivity index (χ2n) is 10.1. The summed E-state index contributed by atoms with van der Waals surface area (Å²) in [6.07, 6.45) is 2.31. The number of hydrogen-bond donors (Lipinski definition) is 2. The molecule has 14 heteroatoms. The minimum absolute atomic E-state index is 0.181. The van der Waals surface area contributed by atoms with Gasteiger partial charge in [0, 0.05) is 17.4 Å². The van der Waals surface area contributed by atoms with Crippen molar-refractivity contribution >= 4 is 57.7 Å². The van der Waals surface area contributed by atoms with Crippen molar-refractivity contribution in [2.45, 2.75) is 25.8 Å². The highest BCUT2D eigenvalue weighted by atomic mass is 35.5. The summed E-state index contributed by atoms with van der Waals surface area (Å²) in [4.78, 5) is 11.1. The molecule has 2 aromatic carbocycles. The standard InChI is InChI=1S/C25H30ClFN5O5PS/c1-25(2)17-13-20(21(36-4)11-15(17)9-10-32(25)3)30-24-28-14-18(26)23(31-24)29-19-8-7-16(37-39(27,34)35)12-22(19)38(5,6)33/h7-8,11-14H,9-10H2,1-6H3,(H2,28,29,30,31). The molecule has 0 spiro atoms. The molecule has 3 aromatic rings. The van der Waals surface area contributed by atoms with Crippen LogP contribution in [-0.4, -0.2) is 57.3 Å². The van der Waals surface area contributed by atoms with Crippen molar-refractivity contribution in [2.24, 2.45) is 0 Å². The van der Waals surface area contributed by atoms with Crippen LogP contribution in [-0.2, 0) is 27.0 Å². The molecule has 0 radical (unpaired) electrons. The third kappa shape index (κ3) is 6.46. The predicted octanol–water partition coefficient (Wildman–Crippen LogP) is 5.19. The van der Waals surface area contributed by atoms with Crippen molar-refractivity contribution in [1.29, 1.82) is 0 Å². The first-order valence-corrected chi connectivity index (χ1v) is 16.2. The molecule has 1 aliphatic rings. The molecule has 39 heavy (non-hydrogen) atoms. The number of benzene rings is 2. The van der Waals surface area contributed by atoms with Crippen molar-refractivity contribution in [1.82, 2.24) is 14.9 Å². The van der Waals surface area contributed by atoms with Gasteiger partial charge in [0.1, 0.15) is 23.7 Å². The molecule has 1 aromatic heterocycles. The number of anilines is 4. The fourth-order valence-electron chi connectivity index (χ4n) is 4.43. The van der Waals surface area contributed by atoms with Gasteiger partial charge >= 0.3 is 10.5 Å². The van der Waals surface area contributed by atoms with Crippen LogP contribution in [0.3, 0.4) is 0 Å². The van der Waals surface area contributed by atoms with E-state index in [0.717, 1.165) is 18.5 Å². The summed E-state index contributed by atoms with van der Waals surface area (Å²) < 4.78 is 57.8. The minimum Gasteiger partial charge on any atom is -0.495 e. The SMILES string of the molecule is COc1cc2c(cc1Nc1ncc(Cl)c(Nc3ccc(OS(=O)(=O)F)cc3P(C)(C)=O)n1)C(C)(C)N(C)CC2. The highest BCUT2D eigenvalue weighted by Crippen LogP contribution is 2.42. The quantitative estimate of drug-likeness (QED) is 0.265. The highest BCUT2D eigenvalue weighted by molar-refractivity contribution is 7.81. The van der Waals surface area contributed by atoms with E-state index < -0.39 is 17.6 Å². The highest BCUT2D eigenvalue weighted by Gasteiger charge is 2.33. The Balaban J connectivity index is 1.69. The van der Waals surface area contributed by atoms with Gasteiger partial charge in [-0.1, -0.05) is 15.5 Å². The molecule has 0 atom stereocenters. The summed E-state index contributed by atoms with van der Waals surface area (Å²) in [7, 11) is -4.55.